The van der Waals surface area contributed by atoms with Crippen LogP contribution in [0.15, 0.2) is 48.7 Å². The Balaban J connectivity index is 1.79. The van der Waals surface area contributed by atoms with Crippen molar-refractivity contribution in [3.05, 3.63) is 59.8 Å². The molecule has 0 N–H and O–H groups in total. The third-order valence-electron chi connectivity index (χ3n) is 5.87. The van der Waals surface area contributed by atoms with Crippen molar-refractivity contribution in [1.82, 2.24) is 9.88 Å². The number of anilines is 1. The highest BCUT2D eigenvalue weighted by Gasteiger charge is 2.29. The smallest absolute Gasteiger partial charge is 0.416 e. The van der Waals surface area contributed by atoms with Gasteiger partial charge in [-0.3, -0.25) is 9.80 Å². The first kappa shape index (κ1) is 23.3. The minimum atomic E-state index is -0.539. The molecule has 0 unspecified atom stereocenters. The molecule has 0 radical (unpaired) electrons. The Morgan fingerprint density at radius 1 is 1.19 bits per heavy atom. The number of benzene rings is 1. The first-order valence-electron chi connectivity index (χ1n) is 11.5. The molecule has 2 atom stereocenters. The number of carbonyl (C=O) groups excluding carboxylic acids is 1. The zero-order chi connectivity index (χ0) is 22.4. The lowest BCUT2D eigenvalue weighted by atomic mass is 9.95. The number of aromatic nitrogens is 1. The second-order valence-electron chi connectivity index (χ2n) is 9.52. The molecular formula is C26H37N3O2. The second-order valence-corrected chi connectivity index (χ2v) is 9.52. The number of rotatable bonds is 6. The topological polar surface area (TPSA) is 45.7 Å². The fourth-order valence-corrected chi connectivity index (χ4v) is 4.11. The number of ether oxygens (including phenoxy) is 1. The number of amides is 1. The van der Waals surface area contributed by atoms with Gasteiger partial charge in [-0.05, 0) is 70.7 Å². The molecule has 1 aliphatic heterocycles. The lowest BCUT2D eigenvalue weighted by Crippen LogP contribution is -2.42. The number of pyridine rings is 1. The van der Waals surface area contributed by atoms with E-state index in [0.29, 0.717) is 11.9 Å². The zero-order valence-electron chi connectivity index (χ0n) is 19.7. The molecule has 1 fully saturated rings. The van der Waals surface area contributed by atoms with Crippen LogP contribution in [0.25, 0.3) is 0 Å². The van der Waals surface area contributed by atoms with Crippen LogP contribution in [0.3, 0.4) is 0 Å². The van der Waals surface area contributed by atoms with Crippen LogP contribution >= 0.6 is 0 Å². The van der Waals surface area contributed by atoms with Crippen LogP contribution in [0, 0.1) is 0 Å². The molecule has 0 saturated carbocycles. The summed E-state index contributed by atoms with van der Waals surface area (Å²) in [6.45, 7) is 11.8. The summed E-state index contributed by atoms with van der Waals surface area (Å²) in [5.74, 6) is 0.651. The summed E-state index contributed by atoms with van der Waals surface area (Å²) in [5, 5.41) is 0. The third kappa shape index (κ3) is 6.30. The van der Waals surface area contributed by atoms with Gasteiger partial charge in [-0.2, -0.15) is 0 Å². The van der Waals surface area contributed by atoms with Crippen LogP contribution < -0.4 is 4.90 Å². The number of carbonyl (C=O) groups is 1. The molecule has 31 heavy (non-hydrogen) atoms. The molecule has 5 heteroatoms. The van der Waals surface area contributed by atoms with Crippen molar-refractivity contribution < 1.29 is 9.53 Å². The van der Waals surface area contributed by atoms with E-state index in [2.05, 4.69) is 48.2 Å². The van der Waals surface area contributed by atoms with Crippen LogP contribution in [-0.4, -0.2) is 34.2 Å². The molecule has 1 saturated heterocycles. The van der Waals surface area contributed by atoms with Crippen molar-refractivity contribution in [2.75, 3.05) is 11.4 Å². The van der Waals surface area contributed by atoms with Crippen LogP contribution in [0.2, 0.25) is 0 Å². The van der Waals surface area contributed by atoms with Crippen molar-refractivity contribution in [2.24, 2.45) is 0 Å². The molecule has 2 aromatic rings. The van der Waals surface area contributed by atoms with Gasteiger partial charge >= 0.3 is 6.09 Å². The zero-order valence-corrected chi connectivity index (χ0v) is 19.7. The molecule has 1 aromatic carbocycles. The number of likely N-dealkylation sites (tertiary alicyclic amines) is 1. The largest absolute Gasteiger partial charge is 0.443 e. The molecule has 1 aliphatic rings. The minimum Gasteiger partial charge on any atom is -0.443 e. The van der Waals surface area contributed by atoms with Gasteiger partial charge in [-0.1, -0.05) is 49.7 Å². The quantitative estimate of drug-likeness (QED) is 0.543. The van der Waals surface area contributed by atoms with Gasteiger partial charge in [0.05, 0.1) is 0 Å². The van der Waals surface area contributed by atoms with Gasteiger partial charge in [-0.15, -0.1) is 0 Å². The lowest BCUT2D eigenvalue weighted by molar-refractivity contribution is 0.0566. The van der Waals surface area contributed by atoms with Gasteiger partial charge in [0.15, 0.2) is 0 Å². The average Bonchev–Trinajstić information content (AvgIpc) is 2.74. The summed E-state index contributed by atoms with van der Waals surface area (Å²) in [6, 6.07) is 15.1. The van der Waals surface area contributed by atoms with Gasteiger partial charge in [0.1, 0.15) is 11.4 Å². The van der Waals surface area contributed by atoms with Gasteiger partial charge < -0.3 is 4.74 Å². The highest BCUT2D eigenvalue weighted by molar-refractivity contribution is 5.87. The molecule has 2 heterocycles. The Bertz CT molecular complexity index is 830. The Hall–Kier alpha value is -2.40. The van der Waals surface area contributed by atoms with Crippen LogP contribution in [0.1, 0.15) is 77.5 Å². The molecule has 168 valence electrons. The van der Waals surface area contributed by atoms with E-state index in [-0.39, 0.29) is 12.1 Å². The SMILES string of the molecule is CC[C@H](C)N(C(=O)OC(C)(C)C)c1ccc([C@H]2CCCCN2Cc2ccccc2)cn1. The molecule has 0 aliphatic carbocycles. The molecule has 3 rings (SSSR count). The lowest BCUT2D eigenvalue weighted by Gasteiger charge is -2.36. The fraction of sp³-hybridized carbons (Fsp3) is 0.538. The summed E-state index contributed by atoms with van der Waals surface area (Å²) in [6.07, 6.45) is 6.03. The minimum absolute atomic E-state index is 0.0115. The van der Waals surface area contributed by atoms with Crippen LogP contribution in [0.5, 0.6) is 0 Å². The van der Waals surface area contributed by atoms with E-state index >= 15 is 0 Å². The second kappa shape index (κ2) is 10.3. The Kier molecular flexibility index (Phi) is 7.71. The van der Waals surface area contributed by atoms with E-state index in [9.17, 15) is 4.79 Å². The number of nitrogens with zero attached hydrogens (tertiary/aromatic N) is 3. The summed E-state index contributed by atoms with van der Waals surface area (Å²) >= 11 is 0. The van der Waals surface area contributed by atoms with Crippen molar-refractivity contribution in [1.29, 1.82) is 0 Å². The van der Waals surface area contributed by atoms with Crippen molar-refractivity contribution in [2.45, 2.75) is 84.5 Å². The molecule has 1 amide bonds. The monoisotopic (exact) mass is 423 g/mol. The summed E-state index contributed by atoms with van der Waals surface area (Å²) in [5.41, 5.74) is 2.02. The number of piperidine rings is 1. The van der Waals surface area contributed by atoms with E-state index in [4.69, 9.17) is 9.72 Å². The van der Waals surface area contributed by atoms with Crippen LogP contribution in [-0.2, 0) is 11.3 Å². The van der Waals surface area contributed by atoms with Crippen LogP contribution in [0.4, 0.5) is 10.6 Å². The maximum atomic E-state index is 12.9. The van der Waals surface area contributed by atoms with Gasteiger partial charge in [-0.25, -0.2) is 9.78 Å². The Labute approximate surface area is 187 Å². The summed E-state index contributed by atoms with van der Waals surface area (Å²) in [4.78, 5) is 21.8. The van der Waals surface area contributed by atoms with Gasteiger partial charge in [0.2, 0.25) is 0 Å². The van der Waals surface area contributed by atoms with E-state index < -0.39 is 5.60 Å². The molecule has 0 bridgehead atoms. The highest BCUT2D eigenvalue weighted by atomic mass is 16.6. The molecular weight excluding hydrogens is 386 g/mol. The predicted octanol–water partition coefficient (Wildman–Crippen LogP) is 6.35. The van der Waals surface area contributed by atoms with Gasteiger partial charge in [0, 0.05) is 24.8 Å². The van der Waals surface area contributed by atoms with Crippen molar-refractivity contribution in [3.8, 4) is 0 Å². The van der Waals surface area contributed by atoms with Crippen molar-refractivity contribution in [3.63, 3.8) is 0 Å². The van der Waals surface area contributed by atoms with E-state index in [0.717, 1.165) is 25.9 Å². The fourth-order valence-electron chi connectivity index (χ4n) is 4.11. The van der Waals surface area contributed by atoms with Crippen molar-refractivity contribution >= 4 is 11.9 Å². The molecule has 1 aromatic heterocycles. The summed E-state index contributed by atoms with van der Waals surface area (Å²) in [7, 11) is 0. The Morgan fingerprint density at radius 2 is 1.94 bits per heavy atom. The maximum absolute atomic E-state index is 12.9. The number of hydrogen-bond donors (Lipinski definition) is 0. The standard InChI is InChI=1S/C26H37N3O2/c1-6-20(2)29(25(30)31-26(3,4)5)24-16-15-22(18-27-24)23-14-10-11-17-28(23)19-21-12-8-7-9-13-21/h7-9,12-13,15-16,18,20,23H,6,10-11,14,17,19H2,1-5H3/t20-,23+/m0/s1. The maximum Gasteiger partial charge on any atom is 0.416 e. The van der Waals surface area contributed by atoms with E-state index in [1.165, 1.54) is 24.0 Å². The normalized spacial score (nSPS) is 18.4. The Morgan fingerprint density at radius 3 is 2.55 bits per heavy atom. The first-order chi connectivity index (χ1) is 14.8. The molecule has 5 nitrogen and oxygen atoms in total. The predicted molar refractivity (Wildman–Crippen MR) is 126 cm³/mol. The number of hydrogen-bond acceptors (Lipinski definition) is 4. The molecule has 0 spiro atoms. The average molecular weight is 424 g/mol. The highest BCUT2D eigenvalue weighted by Crippen LogP contribution is 2.33. The first-order valence-corrected chi connectivity index (χ1v) is 11.5. The third-order valence-corrected chi connectivity index (χ3v) is 5.87. The summed E-state index contributed by atoms with van der Waals surface area (Å²) < 4.78 is 5.65. The van der Waals surface area contributed by atoms with Gasteiger partial charge in [0.25, 0.3) is 0 Å². The van der Waals surface area contributed by atoms with E-state index in [1.54, 1.807) is 4.90 Å². The van der Waals surface area contributed by atoms with E-state index in [1.807, 2.05) is 40.0 Å².